The molecule has 0 heterocycles. The maximum atomic E-state index is 8.40. The predicted octanol–water partition coefficient (Wildman–Crippen LogP) is 4.34. The van der Waals surface area contributed by atoms with Crippen LogP contribution >= 0.6 is 0 Å². The van der Waals surface area contributed by atoms with Crippen LogP contribution in [0.25, 0.3) is 9.95 Å². The largest absolute Gasteiger partial charge is 0.385 e. The molecule has 76 valence electrons. The molecular weight excluding hydrogens is 200 g/mol. The Bertz CT molecular complexity index is 705. The molecule has 0 amide bonds. The van der Waals surface area contributed by atoms with E-state index in [1.54, 1.807) is 12.1 Å². The zero-order valence-electron chi connectivity index (χ0n) is 13.2. The van der Waals surface area contributed by atoms with Crippen LogP contribution in [0.2, 0.25) is 0 Å². The van der Waals surface area contributed by atoms with Crippen LogP contribution < -0.4 is 0 Å². The van der Waals surface area contributed by atoms with Crippen molar-refractivity contribution in [2.75, 3.05) is 0 Å². The topological polar surface area (TPSA) is 56.3 Å². The number of hydrogen-bond donors (Lipinski definition) is 0. The highest BCUT2D eigenvalue weighted by molar-refractivity contribution is 5.42. The Morgan fingerprint density at radius 3 is 1.81 bits per heavy atom. The normalized spacial score (nSPS) is 12.2. The van der Waals surface area contributed by atoms with Gasteiger partial charge in [-0.2, -0.15) is 0 Å². The molecule has 0 fully saturated rings. The summed E-state index contributed by atoms with van der Waals surface area (Å²) >= 11 is 0. The zero-order chi connectivity index (χ0) is 16.0. The average Bonchev–Trinajstić information content (AvgIpc) is 2.53. The van der Waals surface area contributed by atoms with Gasteiger partial charge in [0.1, 0.15) is 0 Å². The van der Waals surface area contributed by atoms with Crippen molar-refractivity contribution in [1.29, 1.82) is 10.8 Å². The van der Waals surface area contributed by atoms with Crippen molar-refractivity contribution in [2.24, 2.45) is 0 Å². The summed E-state index contributed by atoms with van der Waals surface area (Å²) in [6, 6.07) is 6.42. The minimum absolute atomic E-state index is 0.439. The third-order valence-corrected chi connectivity index (χ3v) is 1.46. The van der Waals surface area contributed by atoms with Crippen LogP contribution in [0.3, 0.4) is 0 Å². The Morgan fingerprint density at radius 1 is 0.812 bits per heavy atom. The van der Waals surface area contributed by atoms with Crippen molar-refractivity contribution in [3.63, 3.8) is 0 Å². The first-order chi connectivity index (χ1) is 9.93. The summed E-state index contributed by atoms with van der Waals surface area (Å²) in [4.78, 5) is 5.60. The van der Waals surface area contributed by atoms with Crippen LogP contribution in [-0.2, 0) is 0 Å². The van der Waals surface area contributed by atoms with E-state index in [0.717, 1.165) is 0 Å². The minimum atomic E-state index is -0.506. The van der Waals surface area contributed by atoms with Crippen molar-refractivity contribution in [1.82, 2.24) is 0 Å². The second-order valence-corrected chi connectivity index (χ2v) is 2.51. The van der Waals surface area contributed by atoms with Gasteiger partial charge in [-0.15, -0.1) is 0 Å². The fourth-order valence-corrected chi connectivity index (χ4v) is 0.788. The predicted molar refractivity (Wildman–Crippen MR) is 62.4 cm³/mol. The molecule has 2 aromatic rings. The molecule has 0 aliphatic heterocycles. The molecular formula is C12H10N4+2. The van der Waals surface area contributed by atoms with E-state index in [9.17, 15) is 0 Å². The lowest BCUT2D eigenvalue weighted by Gasteiger charge is -1.69. The molecule has 4 heteroatoms. The van der Waals surface area contributed by atoms with Gasteiger partial charge in [0.2, 0.25) is 10.8 Å². The number of nitrogens with zero attached hydrogens (tertiary/aromatic N) is 4. The lowest BCUT2D eigenvalue weighted by molar-refractivity contribution is 1.46. The number of rotatable bonds is 0. The minimum Gasteiger partial charge on any atom is -0.0617 e. The number of diazo groups is 2. The van der Waals surface area contributed by atoms with Gasteiger partial charge in [-0.3, -0.25) is 0 Å². The van der Waals surface area contributed by atoms with E-state index in [1.165, 1.54) is 0 Å². The van der Waals surface area contributed by atoms with Gasteiger partial charge in [0.25, 0.3) is 0 Å². The number of benzene rings is 2. The third-order valence-electron chi connectivity index (χ3n) is 1.46. The van der Waals surface area contributed by atoms with Crippen LogP contribution in [0.5, 0.6) is 0 Å². The van der Waals surface area contributed by atoms with Gasteiger partial charge in [0.15, 0.2) is 9.95 Å². The SMILES string of the molecule is N#[N+]c1ccccc1.[2H]c1c([2H])c([2H])c([N+]#N)c([2H])c1[2H]. The lowest BCUT2D eigenvalue weighted by atomic mass is 10.3. The molecule has 0 atom stereocenters. The molecule has 0 aliphatic rings. The Kier molecular flexibility index (Phi) is 2.51. The van der Waals surface area contributed by atoms with Crippen molar-refractivity contribution in [2.45, 2.75) is 0 Å². The van der Waals surface area contributed by atoms with Crippen LogP contribution in [0.4, 0.5) is 11.4 Å². The molecule has 0 N–H and O–H groups in total. The molecule has 0 spiro atoms. The monoisotopic (exact) mass is 215 g/mol. The fraction of sp³-hybridized carbons (Fsp3) is 0. The molecule has 2 rings (SSSR count). The van der Waals surface area contributed by atoms with Crippen LogP contribution in [-0.4, -0.2) is 0 Å². The van der Waals surface area contributed by atoms with Crippen LogP contribution in [0.15, 0.2) is 60.5 Å². The van der Waals surface area contributed by atoms with E-state index in [0.29, 0.717) is 5.69 Å². The average molecular weight is 215 g/mol. The summed E-state index contributed by atoms with van der Waals surface area (Å²) in [5.41, 5.74) is 0.151. The third kappa shape index (κ3) is 3.99. The van der Waals surface area contributed by atoms with E-state index in [4.69, 9.17) is 17.6 Å². The van der Waals surface area contributed by atoms with Gasteiger partial charge in [-0.05, 0) is 0 Å². The molecule has 0 saturated heterocycles. The molecule has 0 unspecified atom stereocenters. The van der Waals surface area contributed by atoms with Crippen molar-refractivity contribution in [3.05, 3.63) is 70.5 Å². The molecule has 0 aromatic heterocycles. The second kappa shape index (κ2) is 6.69. The summed E-state index contributed by atoms with van der Waals surface area (Å²) in [6.45, 7) is 0. The van der Waals surface area contributed by atoms with E-state index < -0.39 is 35.9 Å². The Balaban J connectivity index is 0.000000235. The van der Waals surface area contributed by atoms with Gasteiger partial charge in [0, 0.05) is 24.2 Å². The van der Waals surface area contributed by atoms with Crippen LogP contribution in [0.1, 0.15) is 6.85 Å². The van der Waals surface area contributed by atoms with Gasteiger partial charge in [-0.25, -0.2) is 0 Å². The van der Waals surface area contributed by atoms with Crippen molar-refractivity contribution in [3.8, 4) is 0 Å². The Labute approximate surface area is 100 Å². The van der Waals surface area contributed by atoms with Gasteiger partial charge in [-0.1, -0.05) is 36.3 Å². The smallest absolute Gasteiger partial charge is 0.0617 e. The highest BCUT2D eigenvalue weighted by Gasteiger charge is 1.96. The first-order valence-electron chi connectivity index (χ1n) is 6.76. The summed E-state index contributed by atoms with van der Waals surface area (Å²) in [5.74, 6) is 0. The maximum Gasteiger partial charge on any atom is 0.385 e. The molecule has 0 aliphatic carbocycles. The maximum absolute atomic E-state index is 8.40. The second-order valence-electron chi connectivity index (χ2n) is 2.51. The lowest BCUT2D eigenvalue weighted by Crippen LogP contribution is -1.54. The first-order valence-corrected chi connectivity index (χ1v) is 4.26. The number of hydrogen-bond acceptors (Lipinski definition) is 2. The zero-order valence-corrected chi connectivity index (χ0v) is 8.18. The van der Waals surface area contributed by atoms with E-state index in [1.807, 2.05) is 18.2 Å². The quantitative estimate of drug-likeness (QED) is 0.613. The van der Waals surface area contributed by atoms with E-state index in [-0.39, 0.29) is 0 Å². The standard InChI is InChI=1S/2C6H5N2/c2*7-8-6-4-2-1-3-5-6/h2*1-5H/q2*+1/i1D,2D,3D,4D,5D;. The summed E-state index contributed by atoms with van der Waals surface area (Å²) in [6.07, 6.45) is 0. The molecule has 0 saturated carbocycles. The van der Waals surface area contributed by atoms with Crippen LogP contribution in [0, 0.1) is 10.8 Å². The highest BCUT2D eigenvalue weighted by atomic mass is 14.8. The molecule has 4 nitrogen and oxygen atoms in total. The molecule has 0 bridgehead atoms. The molecule has 2 aromatic carbocycles. The highest BCUT2D eigenvalue weighted by Crippen LogP contribution is 2.08. The van der Waals surface area contributed by atoms with Crippen molar-refractivity contribution < 1.29 is 6.85 Å². The molecule has 0 radical (unpaired) electrons. The summed E-state index contributed by atoms with van der Waals surface area (Å²) in [7, 11) is 0. The fourth-order valence-electron chi connectivity index (χ4n) is 0.788. The summed E-state index contributed by atoms with van der Waals surface area (Å²) < 4.78 is 35.9. The molecule has 16 heavy (non-hydrogen) atoms. The van der Waals surface area contributed by atoms with Gasteiger partial charge < -0.3 is 0 Å². The first kappa shape index (κ1) is 5.99. The Morgan fingerprint density at radius 2 is 1.38 bits per heavy atom. The summed E-state index contributed by atoms with van der Waals surface area (Å²) in [5, 5.41) is 16.6. The van der Waals surface area contributed by atoms with Gasteiger partial charge in [0.05, 0.1) is 6.85 Å². The Hall–Kier alpha value is -2.72. The van der Waals surface area contributed by atoms with Crippen molar-refractivity contribution >= 4 is 11.4 Å². The van der Waals surface area contributed by atoms with Gasteiger partial charge >= 0.3 is 11.4 Å². The van der Waals surface area contributed by atoms with E-state index >= 15 is 0 Å². The van der Waals surface area contributed by atoms with E-state index in [2.05, 4.69) is 9.95 Å².